The molecule has 0 amide bonds. The first-order valence-corrected chi connectivity index (χ1v) is 13.7. The maximum absolute atomic E-state index is 14.0. The first-order valence-electron chi connectivity index (χ1n) is 12.9. The van der Waals surface area contributed by atoms with Crippen molar-refractivity contribution in [1.29, 1.82) is 0 Å². The first-order chi connectivity index (χ1) is 18.6. The normalized spacial score (nSPS) is 16.6. The zero-order valence-electron chi connectivity index (χ0n) is 21.3. The number of allylic oxidation sites excluding steroid dienone is 1. The number of aromatic nitrogens is 3. The van der Waals surface area contributed by atoms with Crippen molar-refractivity contribution in [3.63, 3.8) is 0 Å². The lowest BCUT2D eigenvalue weighted by atomic mass is 9.83. The molecule has 0 N–H and O–H groups in total. The second kappa shape index (κ2) is 8.92. The Balaban J connectivity index is 1.45. The zero-order valence-corrected chi connectivity index (χ0v) is 22.1. The number of aryl methyl sites for hydroxylation is 2. The minimum atomic E-state index is -0.152. The topological polar surface area (TPSA) is 52.2 Å². The highest BCUT2D eigenvalue weighted by Crippen LogP contribution is 2.41. The molecule has 186 valence electrons. The van der Waals surface area contributed by atoms with Crippen LogP contribution < -0.4 is 14.9 Å². The molecule has 1 aliphatic carbocycles. The minimum Gasteiger partial charge on any atom is -0.316 e. The highest BCUT2D eigenvalue weighted by molar-refractivity contribution is 7.07. The Bertz CT molecular complexity index is 1910. The third kappa shape index (κ3) is 3.56. The third-order valence-corrected chi connectivity index (χ3v) is 8.63. The van der Waals surface area contributed by atoms with Crippen LogP contribution in [0.1, 0.15) is 46.1 Å². The summed E-state index contributed by atoms with van der Waals surface area (Å²) in [6, 6.07) is 24.9. The maximum Gasteiger partial charge on any atom is 0.271 e. The molecule has 2 aromatic carbocycles. The highest BCUT2D eigenvalue weighted by atomic mass is 32.1. The van der Waals surface area contributed by atoms with Crippen molar-refractivity contribution in [2.24, 2.45) is 4.99 Å². The lowest BCUT2D eigenvalue weighted by Gasteiger charge is -2.30. The van der Waals surface area contributed by atoms with Crippen LogP contribution in [0.2, 0.25) is 0 Å². The van der Waals surface area contributed by atoms with Gasteiger partial charge in [-0.2, -0.15) is 0 Å². The van der Waals surface area contributed by atoms with E-state index in [1.807, 2.05) is 35.0 Å². The quantitative estimate of drug-likeness (QED) is 0.336. The first kappa shape index (κ1) is 22.9. The molecular weight excluding hydrogens is 488 g/mol. The molecule has 5 aromatic rings. The molecule has 0 saturated heterocycles. The fourth-order valence-electron chi connectivity index (χ4n) is 5.92. The number of hydrogen-bond donors (Lipinski definition) is 0. The second-order valence-electron chi connectivity index (χ2n) is 9.90. The van der Waals surface area contributed by atoms with Gasteiger partial charge in [0.05, 0.1) is 28.2 Å². The fourth-order valence-corrected chi connectivity index (χ4v) is 6.91. The van der Waals surface area contributed by atoms with E-state index in [2.05, 4.69) is 78.0 Å². The van der Waals surface area contributed by atoms with E-state index in [1.165, 1.54) is 28.0 Å². The summed E-state index contributed by atoms with van der Waals surface area (Å²) in [6.07, 6.45) is 7.52. The second-order valence-corrected chi connectivity index (χ2v) is 10.9. The van der Waals surface area contributed by atoms with Gasteiger partial charge < -0.3 is 4.57 Å². The molecule has 38 heavy (non-hydrogen) atoms. The van der Waals surface area contributed by atoms with Crippen molar-refractivity contribution in [1.82, 2.24) is 14.1 Å². The van der Waals surface area contributed by atoms with Crippen molar-refractivity contribution in [2.75, 3.05) is 0 Å². The molecular formula is C32H26N4OS. The molecule has 1 atom stereocenters. The molecule has 0 unspecified atom stereocenters. The molecule has 0 radical (unpaired) electrons. The summed E-state index contributed by atoms with van der Waals surface area (Å²) in [4.78, 5) is 24.2. The number of fused-ring (bicyclic) bond motifs is 3. The van der Waals surface area contributed by atoms with Gasteiger partial charge in [-0.1, -0.05) is 65.9 Å². The number of benzene rings is 2. The summed E-state index contributed by atoms with van der Waals surface area (Å²) in [5.41, 5.74) is 10.1. The third-order valence-electron chi connectivity index (χ3n) is 7.65. The number of thiazole rings is 1. The van der Waals surface area contributed by atoms with Crippen molar-refractivity contribution in [2.45, 2.75) is 32.7 Å². The summed E-state index contributed by atoms with van der Waals surface area (Å²) in [7, 11) is 0. The molecule has 0 bridgehead atoms. The summed E-state index contributed by atoms with van der Waals surface area (Å²) < 4.78 is 4.79. The number of rotatable bonds is 3. The van der Waals surface area contributed by atoms with Gasteiger partial charge >= 0.3 is 0 Å². The van der Waals surface area contributed by atoms with Crippen LogP contribution in [0.25, 0.3) is 17.5 Å². The number of hydrogen-bond acceptors (Lipinski definition) is 4. The van der Waals surface area contributed by atoms with Gasteiger partial charge in [0.2, 0.25) is 0 Å². The van der Waals surface area contributed by atoms with Crippen molar-refractivity contribution in [3.05, 3.63) is 144 Å². The van der Waals surface area contributed by atoms with Gasteiger partial charge in [-0.15, -0.1) is 0 Å². The van der Waals surface area contributed by atoms with Crippen LogP contribution in [0.15, 0.2) is 101 Å². The number of nitrogens with zero attached hydrogens (tertiary/aromatic N) is 4. The molecule has 1 aliphatic heterocycles. The summed E-state index contributed by atoms with van der Waals surface area (Å²) in [5.74, 6) is 0. The standard InChI is InChI=1S/C32H26N4OS/c1-20-17-24(21(2)35(20)25-12-8-16-33-19-25)18-28-31(37)36-30(23-10-4-3-5-11-23)27-15-14-22-9-6-7-13-26(22)29(27)34-32(36)38-28/h3-13,16-19,30H,14-15H2,1-2H3/t30-/m0/s1. The Morgan fingerprint density at radius 2 is 1.79 bits per heavy atom. The van der Waals surface area contributed by atoms with Gasteiger partial charge in [0.25, 0.3) is 5.56 Å². The van der Waals surface area contributed by atoms with Gasteiger partial charge in [0.1, 0.15) is 0 Å². The summed E-state index contributed by atoms with van der Waals surface area (Å²) in [5, 5.41) is 0. The van der Waals surface area contributed by atoms with Crippen LogP contribution >= 0.6 is 11.3 Å². The Morgan fingerprint density at radius 1 is 0.974 bits per heavy atom. The van der Waals surface area contributed by atoms with Gasteiger partial charge in [0.15, 0.2) is 4.80 Å². The lowest BCUT2D eigenvalue weighted by Crippen LogP contribution is -2.38. The highest BCUT2D eigenvalue weighted by Gasteiger charge is 2.32. The predicted octanol–water partition coefficient (Wildman–Crippen LogP) is 5.12. The van der Waals surface area contributed by atoms with Crippen LogP contribution in [0, 0.1) is 13.8 Å². The van der Waals surface area contributed by atoms with E-state index in [4.69, 9.17) is 4.99 Å². The summed E-state index contributed by atoms with van der Waals surface area (Å²) in [6.45, 7) is 4.17. The molecule has 0 spiro atoms. The van der Waals surface area contributed by atoms with Gasteiger partial charge in [0, 0.05) is 23.1 Å². The van der Waals surface area contributed by atoms with Crippen LogP contribution in [-0.2, 0) is 6.42 Å². The largest absolute Gasteiger partial charge is 0.316 e. The Hall–Kier alpha value is -4.29. The molecule has 7 rings (SSSR count). The van der Waals surface area contributed by atoms with Crippen LogP contribution in [0.4, 0.5) is 0 Å². The van der Waals surface area contributed by atoms with Gasteiger partial charge in [-0.25, -0.2) is 4.99 Å². The fraction of sp³-hybridized carbons (Fsp3) is 0.156. The molecule has 6 heteroatoms. The van der Waals surface area contributed by atoms with E-state index in [9.17, 15) is 4.79 Å². The average molecular weight is 515 g/mol. The molecule has 0 saturated carbocycles. The monoisotopic (exact) mass is 514 g/mol. The van der Waals surface area contributed by atoms with E-state index < -0.39 is 0 Å². The smallest absolute Gasteiger partial charge is 0.271 e. The molecule has 0 fully saturated rings. The van der Waals surface area contributed by atoms with Crippen LogP contribution in [0.3, 0.4) is 0 Å². The molecule has 4 heterocycles. The van der Waals surface area contributed by atoms with E-state index >= 15 is 0 Å². The van der Waals surface area contributed by atoms with Crippen molar-refractivity contribution < 1.29 is 0 Å². The van der Waals surface area contributed by atoms with Crippen molar-refractivity contribution >= 4 is 23.1 Å². The predicted molar refractivity (Wildman–Crippen MR) is 152 cm³/mol. The Labute approximate surface area is 224 Å². The Kier molecular flexibility index (Phi) is 5.37. The molecule has 2 aliphatic rings. The van der Waals surface area contributed by atoms with E-state index in [0.717, 1.165) is 51.5 Å². The zero-order chi connectivity index (χ0) is 25.8. The van der Waals surface area contributed by atoms with E-state index in [1.54, 1.807) is 6.20 Å². The Morgan fingerprint density at radius 3 is 2.61 bits per heavy atom. The van der Waals surface area contributed by atoms with E-state index in [0.29, 0.717) is 4.53 Å². The van der Waals surface area contributed by atoms with Gasteiger partial charge in [-0.05, 0) is 73.2 Å². The molecule has 3 aromatic heterocycles. The van der Waals surface area contributed by atoms with E-state index in [-0.39, 0.29) is 11.6 Å². The SMILES string of the molecule is Cc1cc(C=c2sc3n(c2=O)[C@@H](c2ccccc2)C2=C(N=3)c3ccccc3CC2)c(C)n1-c1cccnc1. The number of pyridine rings is 1. The lowest BCUT2D eigenvalue weighted by molar-refractivity contribution is 0.585. The molecule has 5 nitrogen and oxygen atoms in total. The van der Waals surface area contributed by atoms with Crippen LogP contribution in [0.5, 0.6) is 0 Å². The minimum absolute atomic E-state index is 0.0131. The maximum atomic E-state index is 14.0. The summed E-state index contributed by atoms with van der Waals surface area (Å²) >= 11 is 1.48. The van der Waals surface area contributed by atoms with Crippen LogP contribution in [-0.4, -0.2) is 14.1 Å². The average Bonchev–Trinajstić information content (AvgIpc) is 3.42. The van der Waals surface area contributed by atoms with Crippen molar-refractivity contribution in [3.8, 4) is 5.69 Å². The van der Waals surface area contributed by atoms with Gasteiger partial charge in [-0.3, -0.25) is 14.3 Å².